The van der Waals surface area contributed by atoms with Crippen LogP contribution in [0, 0.1) is 0 Å². The van der Waals surface area contributed by atoms with E-state index in [0.29, 0.717) is 6.61 Å². The van der Waals surface area contributed by atoms with Gasteiger partial charge in [0.2, 0.25) is 0 Å². The minimum Gasteiger partial charge on any atom is -0.494 e. The van der Waals surface area contributed by atoms with Gasteiger partial charge in [-0.2, -0.15) is 0 Å². The molecule has 0 saturated heterocycles. The molecule has 4 heteroatoms. The van der Waals surface area contributed by atoms with Gasteiger partial charge >= 0.3 is 0 Å². The summed E-state index contributed by atoms with van der Waals surface area (Å²) in [6.45, 7) is 2.65. The average Bonchev–Trinajstić information content (AvgIpc) is 2.79. The number of rotatable bonds is 5. The molecule has 2 aromatic rings. The highest BCUT2D eigenvalue weighted by molar-refractivity contribution is 7.10. The average molecular weight is 282 g/mol. The molecule has 1 heterocycles. The Hall–Kier alpha value is -1.03. The predicted octanol–water partition coefficient (Wildman–Crippen LogP) is 4.11. The molecule has 1 N–H and O–H groups in total. The summed E-state index contributed by atoms with van der Waals surface area (Å²) in [7, 11) is 1.93. The van der Waals surface area contributed by atoms with Crippen molar-refractivity contribution in [3.63, 3.8) is 0 Å². The van der Waals surface area contributed by atoms with Crippen molar-refractivity contribution < 1.29 is 4.74 Å². The first-order valence-corrected chi connectivity index (χ1v) is 7.15. The Morgan fingerprint density at radius 2 is 2.11 bits per heavy atom. The Labute approximate surface area is 117 Å². The van der Waals surface area contributed by atoms with Gasteiger partial charge in [-0.25, -0.2) is 0 Å². The van der Waals surface area contributed by atoms with Crippen LogP contribution >= 0.6 is 22.9 Å². The van der Waals surface area contributed by atoms with E-state index in [9.17, 15) is 0 Å². The molecule has 0 fully saturated rings. The van der Waals surface area contributed by atoms with Gasteiger partial charge in [0.05, 0.1) is 17.7 Å². The van der Waals surface area contributed by atoms with E-state index in [1.807, 2.05) is 43.6 Å². The van der Waals surface area contributed by atoms with Crippen LogP contribution in [0.5, 0.6) is 5.75 Å². The fourth-order valence-electron chi connectivity index (χ4n) is 1.95. The van der Waals surface area contributed by atoms with E-state index in [4.69, 9.17) is 16.3 Å². The van der Waals surface area contributed by atoms with E-state index in [-0.39, 0.29) is 6.04 Å². The maximum Gasteiger partial charge on any atom is 0.124 e. The van der Waals surface area contributed by atoms with Crippen LogP contribution in [0.25, 0.3) is 0 Å². The molecule has 0 spiro atoms. The van der Waals surface area contributed by atoms with Crippen molar-refractivity contribution in [1.29, 1.82) is 0 Å². The summed E-state index contributed by atoms with van der Waals surface area (Å²) in [6.07, 6.45) is 0. The fraction of sp³-hybridized carbons (Fsp3) is 0.286. The molecule has 0 aliphatic carbocycles. The lowest BCUT2D eigenvalue weighted by Gasteiger charge is -2.19. The van der Waals surface area contributed by atoms with Crippen molar-refractivity contribution in [3.8, 4) is 5.75 Å². The fourth-order valence-corrected chi connectivity index (χ4v) is 3.24. The van der Waals surface area contributed by atoms with E-state index in [1.165, 1.54) is 0 Å². The summed E-state index contributed by atoms with van der Waals surface area (Å²) in [5, 5.41) is 6.11. The maximum atomic E-state index is 6.22. The number of hydrogen-bond donors (Lipinski definition) is 1. The van der Waals surface area contributed by atoms with Crippen LogP contribution in [0.3, 0.4) is 0 Å². The maximum absolute atomic E-state index is 6.22. The van der Waals surface area contributed by atoms with Crippen molar-refractivity contribution in [2.45, 2.75) is 13.0 Å². The molecule has 0 aliphatic rings. The summed E-state index contributed by atoms with van der Waals surface area (Å²) in [6, 6.07) is 10.1. The molecular weight excluding hydrogens is 266 g/mol. The molecule has 1 aromatic heterocycles. The molecule has 1 aromatic carbocycles. The van der Waals surface area contributed by atoms with Gasteiger partial charge in [0, 0.05) is 10.4 Å². The third kappa shape index (κ3) is 2.69. The molecule has 0 radical (unpaired) electrons. The van der Waals surface area contributed by atoms with Crippen LogP contribution in [0.15, 0.2) is 35.7 Å². The normalized spacial score (nSPS) is 12.4. The van der Waals surface area contributed by atoms with E-state index in [1.54, 1.807) is 11.3 Å². The highest BCUT2D eigenvalue weighted by Gasteiger charge is 2.19. The van der Waals surface area contributed by atoms with Gasteiger partial charge in [-0.1, -0.05) is 29.8 Å². The highest BCUT2D eigenvalue weighted by Crippen LogP contribution is 2.36. The molecule has 0 aliphatic heterocycles. The molecule has 96 valence electrons. The highest BCUT2D eigenvalue weighted by atomic mass is 35.5. The first kappa shape index (κ1) is 13.4. The third-order valence-corrected chi connectivity index (χ3v) is 4.15. The van der Waals surface area contributed by atoms with Gasteiger partial charge in [0.1, 0.15) is 5.75 Å². The number of ether oxygens (including phenoxy) is 1. The topological polar surface area (TPSA) is 21.3 Å². The second-order valence-corrected chi connectivity index (χ2v) is 5.18. The summed E-state index contributed by atoms with van der Waals surface area (Å²) in [4.78, 5) is 1.12. The van der Waals surface area contributed by atoms with Gasteiger partial charge in [-0.15, -0.1) is 11.3 Å². The number of para-hydroxylation sites is 1. The van der Waals surface area contributed by atoms with Gasteiger partial charge in [-0.05, 0) is 31.5 Å². The number of thiophene rings is 1. The molecule has 1 atom stereocenters. The molecular formula is C14H16ClNOS. The minimum absolute atomic E-state index is 0.0697. The lowest BCUT2D eigenvalue weighted by atomic mass is 10.0. The second-order valence-electron chi connectivity index (χ2n) is 3.83. The van der Waals surface area contributed by atoms with Crippen molar-refractivity contribution in [2.75, 3.05) is 13.7 Å². The van der Waals surface area contributed by atoms with E-state index < -0.39 is 0 Å². The smallest absolute Gasteiger partial charge is 0.124 e. The van der Waals surface area contributed by atoms with Crippen molar-refractivity contribution in [2.24, 2.45) is 0 Å². The molecule has 0 amide bonds. The summed E-state index contributed by atoms with van der Waals surface area (Å²) < 4.78 is 5.68. The van der Waals surface area contributed by atoms with Crippen molar-refractivity contribution in [1.82, 2.24) is 5.32 Å². The molecule has 1 unspecified atom stereocenters. The summed E-state index contributed by atoms with van der Waals surface area (Å²) in [5.74, 6) is 0.906. The third-order valence-electron chi connectivity index (χ3n) is 2.73. The van der Waals surface area contributed by atoms with Crippen LogP contribution in [0.2, 0.25) is 5.02 Å². The van der Waals surface area contributed by atoms with Crippen LogP contribution in [0.1, 0.15) is 23.4 Å². The van der Waals surface area contributed by atoms with E-state index >= 15 is 0 Å². The van der Waals surface area contributed by atoms with Crippen LogP contribution in [-0.4, -0.2) is 13.7 Å². The zero-order chi connectivity index (χ0) is 13.0. The predicted molar refractivity (Wildman–Crippen MR) is 77.8 cm³/mol. The largest absolute Gasteiger partial charge is 0.494 e. The standard InChI is InChI=1S/C14H16ClNOS/c1-3-17-12-7-5-4-6-10(12)13(16-2)14-11(15)8-9-18-14/h4-9,13,16H,3H2,1-2H3. The first-order chi connectivity index (χ1) is 8.77. The van der Waals surface area contributed by atoms with Gasteiger partial charge in [-0.3, -0.25) is 0 Å². The van der Waals surface area contributed by atoms with Crippen LogP contribution < -0.4 is 10.1 Å². The van der Waals surface area contributed by atoms with Crippen molar-refractivity contribution in [3.05, 3.63) is 51.2 Å². The van der Waals surface area contributed by atoms with Gasteiger partial charge in [0.25, 0.3) is 0 Å². The Balaban J connectivity index is 2.42. The number of hydrogen-bond acceptors (Lipinski definition) is 3. The van der Waals surface area contributed by atoms with Gasteiger partial charge < -0.3 is 10.1 Å². The quantitative estimate of drug-likeness (QED) is 0.890. The Morgan fingerprint density at radius 1 is 1.33 bits per heavy atom. The van der Waals surface area contributed by atoms with Crippen LogP contribution in [-0.2, 0) is 0 Å². The Bertz CT molecular complexity index is 512. The lowest BCUT2D eigenvalue weighted by Crippen LogP contribution is -2.17. The number of halogens is 1. The summed E-state index contributed by atoms with van der Waals surface area (Å²) in [5.41, 5.74) is 1.12. The minimum atomic E-state index is 0.0697. The molecule has 18 heavy (non-hydrogen) atoms. The Morgan fingerprint density at radius 3 is 2.72 bits per heavy atom. The zero-order valence-electron chi connectivity index (χ0n) is 10.4. The first-order valence-electron chi connectivity index (χ1n) is 5.89. The van der Waals surface area contributed by atoms with Crippen LogP contribution in [0.4, 0.5) is 0 Å². The second kappa shape index (κ2) is 6.23. The summed E-state index contributed by atoms with van der Waals surface area (Å²) >= 11 is 7.88. The molecule has 2 nitrogen and oxygen atoms in total. The molecule has 0 bridgehead atoms. The number of benzene rings is 1. The number of nitrogens with one attached hydrogen (secondary N) is 1. The molecule has 0 saturated carbocycles. The van der Waals surface area contributed by atoms with Crippen molar-refractivity contribution >= 4 is 22.9 Å². The lowest BCUT2D eigenvalue weighted by molar-refractivity contribution is 0.334. The van der Waals surface area contributed by atoms with E-state index in [2.05, 4.69) is 11.4 Å². The zero-order valence-corrected chi connectivity index (χ0v) is 12.0. The Kier molecular flexibility index (Phi) is 4.64. The SMILES string of the molecule is CCOc1ccccc1C(NC)c1sccc1Cl. The van der Waals surface area contributed by atoms with E-state index in [0.717, 1.165) is 21.2 Å². The monoisotopic (exact) mass is 281 g/mol. The molecule has 2 rings (SSSR count). The van der Waals surface area contributed by atoms with Gasteiger partial charge in [0.15, 0.2) is 0 Å².